The van der Waals surface area contributed by atoms with Crippen LogP contribution in [0.4, 0.5) is 4.39 Å². The lowest BCUT2D eigenvalue weighted by Gasteiger charge is -2.04. The number of rotatable bonds is 9. The number of nitrogens with zero attached hydrogens (tertiary/aromatic N) is 3. The highest BCUT2D eigenvalue weighted by Crippen LogP contribution is 2.15. The highest BCUT2D eigenvalue weighted by atomic mass is 32.2. The summed E-state index contributed by atoms with van der Waals surface area (Å²) in [5.41, 5.74) is 0.640. The Bertz CT molecular complexity index is 733. The Hall–Kier alpha value is -2.19. The quantitative estimate of drug-likeness (QED) is 0.419. The van der Waals surface area contributed by atoms with E-state index < -0.39 is 0 Å². The minimum atomic E-state index is -0.330. The summed E-state index contributed by atoms with van der Waals surface area (Å²) in [5.74, 6) is 1.05. The van der Waals surface area contributed by atoms with Crippen LogP contribution in [0.15, 0.2) is 35.5 Å². The molecule has 1 amide bonds. The van der Waals surface area contributed by atoms with Gasteiger partial charge in [-0.1, -0.05) is 23.9 Å². The third-order valence-corrected chi connectivity index (χ3v) is 4.35. The zero-order chi connectivity index (χ0) is 18.1. The van der Waals surface area contributed by atoms with Crippen LogP contribution in [0.3, 0.4) is 0 Å². The number of nitrogens with one attached hydrogen (secondary N) is 1. The lowest BCUT2D eigenvalue weighted by atomic mass is 10.2. The van der Waals surface area contributed by atoms with Crippen LogP contribution >= 0.6 is 11.8 Å². The van der Waals surface area contributed by atoms with Crippen molar-refractivity contribution in [2.45, 2.75) is 11.6 Å². The van der Waals surface area contributed by atoms with E-state index in [1.807, 2.05) is 11.6 Å². The van der Waals surface area contributed by atoms with E-state index in [2.05, 4.69) is 15.5 Å². The second-order valence-electron chi connectivity index (χ2n) is 5.23. The number of methoxy groups -OCH3 is 1. The molecule has 6 nitrogen and oxygen atoms in total. The maximum Gasteiger partial charge on any atom is 0.244 e. The minimum Gasteiger partial charge on any atom is -0.384 e. The van der Waals surface area contributed by atoms with Crippen LogP contribution in [0.1, 0.15) is 11.4 Å². The monoisotopic (exact) mass is 364 g/mol. The van der Waals surface area contributed by atoms with Crippen LogP contribution in [0.5, 0.6) is 0 Å². The number of hydrogen-bond donors (Lipinski definition) is 1. The lowest BCUT2D eigenvalue weighted by molar-refractivity contribution is -0.116. The lowest BCUT2D eigenvalue weighted by Crippen LogP contribution is -2.24. The van der Waals surface area contributed by atoms with E-state index in [1.165, 1.54) is 18.2 Å². The number of amides is 1. The number of benzene rings is 1. The number of thioether (sulfide) groups is 1. The average molecular weight is 364 g/mol. The largest absolute Gasteiger partial charge is 0.384 e. The molecule has 0 saturated heterocycles. The Morgan fingerprint density at radius 3 is 3.04 bits per heavy atom. The van der Waals surface area contributed by atoms with Crippen molar-refractivity contribution < 1.29 is 13.9 Å². The molecule has 0 atom stereocenters. The van der Waals surface area contributed by atoms with Crippen LogP contribution in [-0.4, -0.2) is 46.7 Å². The summed E-state index contributed by atoms with van der Waals surface area (Å²) in [6.45, 7) is 1.10. The smallest absolute Gasteiger partial charge is 0.244 e. The molecule has 0 saturated carbocycles. The van der Waals surface area contributed by atoms with Gasteiger partial charge in [0.1, 0.15) is 11.6 Å². The van der Waals surface area contributed by atoms with Gasteiger partial charge in [0.2, 0.25) is 5.91 Å². The van der Waals surface area contributed by atoms with E-state index in [9.17, 15) is 9.18 Å². The van der Waals surface area contributed by atoms with Gasteiger partial charge in [0.05, 0.1) is 6.61 Å². The number of aromatic nitrogens is 3. The van der Waals surface area contributed by atoms with Crippen molar-refractivity contribution in [3.05, 3.63) is 47.5 Å². The molecule has 1 heterocycles. The fourth-order valence-corrected chi connectivity index (χ4v) is 2.87. The Kier molecular flexibility index (Phi) is 7.62. The number of carbonyl (C=O) groups is 1. The van der Waals surface area contributed by atoms with Crippen LogP contribution in [0, 0.1) is 5.82 Å². The molecule has 134 valence electrons. The second-order valence-corrected chi connectivity index (χ2v) is 6.29. The van der Waals surface area contributed by atoms with E-state index in [0.29, 0.717) is 25.1 Å². The molecule has 0 aliphatic carbocycles. The van der Waals surface area contributed by atoms with Crippen LogP contribution in [-0.2, 0) is 23.0 Å². The maximum absolute atomic E-state index is 13.1. The number of ether oxygens (including phenoxy) is 1. The van der Waals surface area contributed by atoms with Gasteiger partial charge >= 0.3 is 0 Å². The van der Waals surface area contributed by atoms with Crippen molar-refractivity contribution in [1.29, 1.82) is 0 Å². The first-order valence-corrected chi connectivity index (χ1v) is 8.80. The summed E-state index contributed by atoms with van der Waals surface area (Å²) >= 11 is 1.57. The van der Waals surface area contributed by atoms with Crippen LogP contribution in [0.2, 0.25) is 0 Å². The van der Waals surface area contributed by atoms with Crippen molar-refractivity contribution in [3.63, 3.8) is 0 Å². The molecule has 0 radical (unpaired) electrons. The second kappa shape index (κ2) is 9.95. The summed E-state index contributed by atoms with van der Waals surface area (Å²) in [4.78, 5) is 11.8. The Morgan fingerprint density at radius 1 is 1.44 bits per heavy atom. The summed E-state index contributed by atoms with van der Waals surface area (Å²) in [6, 6.07) is 6.06. The molecule has 0 unspecified atom stereocenters. The molecule has 8 heteroatoms. The molecule has 0 bridgehead atoms. The van der Waals surface area contributed by atoms with Gasteiger partial charge in [-0.05, 0) is 23.8 Å². The Morgan fingerprint density at radius 2 is 2.28 bits per heavy atom. The SMILES string of the molecule is COCCSc1nnc(CCNC(=O)C=Cc2cccc(F)c2)n1C. The third kappa shape index (κ3) is 6.32. The molecule has 1 aromatic heterocycles. The highest BCUT2D eigenvalue weighted by molar-refractivity contribution is 7.99. The van der Waals surface area contributed by atoms with Gasteiger partial charge in [-0.3, -0.25) is 4.79 Å². The van der Waals surface area contributed by atoms with Gasteiger partial charge in [0, 0.05) is 39.0 Å². The average Bonchev–Trinajstić information content (AvgIpc) is 2.94. The van der Waals surface area contributed by atoms with E-state index in [0.717, 1.165) is 16.7 Å². The van der Waals surface area contributed by atoms with Crippen LogP contribution in [0.25, 0.3) is 6.08 Å². The summed E-state index contributed by atoms with van der Waals surface area (Å²) < 4.78 is 20.0. The zero-order valence-corrected chi connectivity index (χ0v) is 15.1. The molecule has 0 spiro atoms. The molecule has 1 N–H and O–H groups in total. The predicted molar refractivity (Wildman–Crippen MR) is 95.8 cm³/mol. The first-order valence-electron chi connectivity index (χ1n) is 7.81. The Labute approximate surface area is 150 Å². The van der Waals surface area contributed by atoms with Gasteiger partial charge in [-0.25, -0.2) is 4.39 Å². The molecule has 0 aliphatic heterocycles. The number of halogens is 1. The van der Waals surface area contributed by atoms with Gasteiger partial charge in [-0.2, -0.15) is 0 Å². The summed E-state index contributed by atoms with van der Waals surface area (Å²) in [6.07, 6.45) is 3.54. The Balaban J connectivity index is 1.77. The summed E-state index contributed by atoms with van der Waals surface area (Å²) in [7, 11) is 3.56. The molecule has 0 fully saturated rings. The zero-order valence-electron chi connectivity index (χ0n) is 14.2. The third-order valence-electron chi connectivity index (χ3n) is 3.37. The molecule has 0 aliphatic rings. The van der Waals surface area contributed by atoms with Crippen molar-refractivity contribution in [3.8, 4) is 0 Å². The van der Waals surface area contributed by atoms with Crippen LogP contribution < -0.4 is 5.32 Å². The van der Waals surface area contributed by atoms with Crippen molar-refractivity contribution in [2.24, 2.45) is 7.05 Å². The molecular formula is C17H21FN4O2S. The predicted octanol–water partition coefficient (Wildman–Crippen LogP) is 2.06. The molecular weight excluding hydrogens is 343 g/mol. The van der Waals surface area contributed by atoms with Crippen molar-refractivity contribution >= 4 is 23.7 Å². The van der Waals surface area contributed by atoms with Crippen molar-refractivity contribution in [2.75, 3.05) is 26.0 Å². The van der Waals surface area contributed by atoms with E-state index >= 15 is 0 Å². The topological polar surface area (TPSA) is 69.0 Å². The van der Waals surface area contributed by atoms with Gasteiger partial charge in [-0.15, -0.1) is 10.2 Å². The first-order chi connectivity index (χ1) is 12.1. The van der Waals surface area contributed by atoms with E-state index in [4.69, 9.17) is 4.74 Å². The fraction of sp³-hybridized carbons (Fsp3) is 0.353. The molecule has 2 aromatic rings. The van der Waals surface area contributed by atoms with Crippen molar-refractivity contribution in [1.82, 2.24) is 20.1 Å². The standard InChI is InChI=1S/C17H21FN4O2S/c1-22-15(20-21-17(22)25-11-10-24-2)8-9-19-16(23)7-6-13-4-3-5-14(18)12-13/h3-7,12H,8-11H2,1-2H3,(H,19,23). The van der Waals surface area contributed by atoms with E-state index in [-0.39, 0.29) is 11.7 Å². The van der Waals surface area contributed by atoms with Gasteiger partial charge in [0.15, 0.2) is 5.16 Å². The fourth-order valence-electron chi connectivity index (χ4n) is 2.04. The molecule has 25 heavy (non-hydrogen) atoms. The summed E-state index contributed by atoms with van der Waals surface area (Å²) in [5, 5.41) is 11.9. The van der Waals surface area contributed by atoms with Gasteiger partial charge in [0.25, 0.3) is 0 Å². The normalized spacial score (nSPS) is 11.2. The minimum absolute atomic E-state index is 0.235. The van der Waals surface area contributed by atoms with Gasteiger partial charge < -0.3 is 14.6 Å². The first kappa shape index (κ1) is 19.1. The number of carbonyl (C=O) groups excluding carboxylic acids is 1. The van der Waals surface area contributed by atoms with E-state index in [1.54, 1.807) is 37.1 Å². The maximum atomic E-state index is 13.1. The highest BCUT2D eigenvalue weighted by Gasteiger charge is 2.09. The molecule has 1 aromatic carbocycles. The number of hydrogen-bond acceptors (Lipinski definition) is 5. The molecule has 2 rings (SSSR count).